The van der Waals surface area contributed by atoms with E-state index in [1.165, 1.54) is 6.07 Å². The first kappa shape index (κ1) is 19.5. The van der Waals surface area contributed by atoms with Gasteiger partial charge in [-0.1, -0.05) is 0 Å². The molecular formula is C16H21F2IN6. The van der Waals surface area contributed by atoms with Crippen molar-refractivity contribution in [2.24, 2.45) is 4.99 Å². The molecule has 9 heteroatoms. The number of nitrogens with one attached hydrogen (secondary N) is 2. The van der Waals surface area contributed by atoms with E-state index in [-0.39, 0.29) is 42.1 Å². The highest BCUT2D eigenvalue weighted by atomic mass is 127. The first-order valence-corrected chi connectivity index (χ1v) is 8.01. The third kappa shape index (κ3) is 5.10. The molecule has 0 amide bonds. The number of nitrogens with zero attached hydrogens (tertiary/aromatic N) is 4. The minimum atomic E-state index is -0.467. The Bertz CT molecular complexity index is 733. The second-order valence-corrected chi connectivity index (χ2v) is 5.67. The van der Waals surface area contributed by atoms with Crippen LogP contribution in [0.5, 0.6) is 0 Å². The van der Waals surface area contributed by atoms with Gasteiger partial charge in [-0.3, -0.25) is 0 Å². The Morgan fingerprint density at radius 1 is 1.40 bits per heavy atom. The topological polar surface area (TPSA) is 67.1 Å². The van der Waals surface area contributed by atoms with Crippen LogP contribution in [-0.2, 0) is 19.5 Å². The molecule has 2 heterocycles. The predicted octanol–water partition coefficient (Wildman–Crippen LogP) is 2.24. The van der Waals surface area contributed by atoms with Crippen molar-refractivity contribution in [1.29, 1.82) is 0 Å². The van der Waals surface area contributed by atoms with Gasteiger partial charge in [0.15, 0.2) is 5.96 Å². The highest BCUT2D eigenvalue weighted by molar-refractivity contribution is 14.0. The lowest BCUT2D eigenvalue weighted by Crippen LogP contribution is -2.47. The maximum atomic E-state index is 13.7. The summed E-state index contributed by atoms with van der Waals surface area (Å²) in [6, 6.07) is 3.55. The third-order valence-electron chi connectivity index (χ3n) is 3.91. The van der Waals surface area contributed by atoms with Crippen molar-refractivity contribution in [2.45, 2.75) is 38.9 Å². The van der Waals surface area contributed by atoms with Gasteiger partial charge in [0.1, 0.15) is 23.8 Å². The summed E-state index contributed by atoms with van der Waals surface area (Å²) in [5, 5.41) is 10.6. The van der Waals surface area contributed by atoms with Gasteiger partial charge in [0.05, 0.1) is 13.1 Å². The van der Waals surface area contributed by atoms with Gasteiger partial charge in [-0.15, -0.1) is 24.0 Å². The number of fused-ring (bicyclic) bond motifs is 1. The molecule has 6 nitrogen and oxygen atoms in total. The molecule has 0 bridgehead atoms. The van der Waals surface area contributed by atoms with Crippen LogP contribution in [0.3, 0.4) is 0 Å². The van der Waals surface area contributed by atoms with E-state index in [0.717, 1.165) is 30.8 Å². The Kier molecular flexibility index (Phi) is 7.09. The van der Waals surface area contributed by atoms with Crippen LogP contribution in [0.25, 0.3) is 0 Å². The van der Waals surface area contributed by atoms with Crippen LogP contribution in [0.1, 0.15) is 24.7 Å². The van der Waals surface area contributed by atoms with Crippen molar-refractivity contribution >= 4 is 29.9 Å². The summed E-state index contributed by atoms with van der Waals surface area (Å²) in [5.41, 5.74) is 0.231. The van der Waals surface area contributed by atoms with Gasteiger partial charge in [-0.2, -0.15) is 5.10 Å². The molecule has 1 aromatic heterocycles. The van der Waals surface area contributed by atoms with Gasteiger partial charge in [-0.25, -0.2) is 23.4 Å². The fraction of sp³-hybridized carbons (Fsp3) is 0.438. The van der Waals surface area contributed by atoms with Crippen molar-refractivity contribution in [3.8, 4) is 0 Å². The van der Waals surface area contributed by atoms with E-state index in [0.29, 0.717) is 19.0 Å². The normalized spacial score (nSPS) is 16.8. The Hall–Kier alpha value is -1.78. The zero-order chi connectivity index (χ0) is 16.9. The molecule has 2 aromatic rings. The molecule has 0 radical (unpaired) electrons. The largest absolute Gasteiger partial charge is 0.357 e. The number of rotatable bonds is 4. The molecule has 136 valence electrons. The Morgan fingerprint density at radius 3 is 3.04 bits per heavy atom. The molecule has 1 aliphatic heterocycles. The van der Waals surface area contributed by atoms with Crippen LogP contribution < -0.4 is 10.6 Å². The number of guanidine groups is 1. The van der Waals surface area contributed by atoms with Crippen LogP contribution in [-0.4, -0.2) is 33.3 Å². The van der Waals surface area contributed by atoms with Gasteiger partial charge in [0, 0.05) is 24.6 Å². The molecule has 1 aromatic carbocycles. The minimum Gasteiger partial charge on any atom is -0.357 e. The number of aryl methyl sites for hydroxylation is 1. The monoisotopic (exact) mass is 462 g/mol. The van der Waals surface area contributed by atoms with E-state index in [2.05, 4.69) is 25.7 Å². The summed E-state index contributed by atoms with van der Waals surface area (Å²) in [6.45, 7) is 3.41. The van der Waals surface area contributed by atoms with E-state index < -0.39 is 11.6 Å². The number of hydrogen-bond donors (Lipinski definition) is 2. The molecular weight excluding hydrogens is 441 g/mol. The summed E-state index contributed by atoms with van der Waals surface area (Å²) in [4.78, 5) is 8.57. The Balaban J connectivity index is 0.00000225. The van der Waals surface area contributed by atoms with Crippen molar-refractivity contribution in [1.82, 2.24) is 25.4 Å². The standard InChI is InChI=1S/C16H20F2N6.HI/c1-2-19-16(20-8-11-7-12(17)3-5-14(11)18)23-13-4-6-15-21-10-22-24(15)9-13;/h3,5,7,10,13H,2,4,6,8-9H2,1H3,(H2,19,20,23);1H. The maximum Gasteiger partial charge on any atom is 0.191 e. The molecule has 3 rings (SSSR count). The zero-order valence-corrected chi connectivity index (χ0v) is 16.2. The first-order chi connectivity index (χ1) is 11.7. The number of halogens is 3. The van der Waals surface area contributed by atoms with Gasteiger partial charge in [0.25, 0.3) is 0 Å². The maximum absolute atomic E-state index is 13.7. The molecule has 0 saturated carbocycles. The zero-order valence-electron chi connectivity index (χ0n) is 13.9. The third-order valence-corrected chi connectivity index (χ3v) is 3.91. The SMILES string of the molecule is CCNC(=NCc1cc(F)ccc1F)NC1CCc2ncnn2C1.I. The first-order valence-electron chi connectivity index (χ1n) is 8.01. The van der Waals surface area contributed by atoms with Crippen LogP contribution in [0.2, 0.25) is 0 Å². The molecule has 1 unspecified atom stereocenters. The summed E-state index contributed by atoms with van der Waals surface area (Å²) in [7, 11) is 0. The summed E-state index contributed by atoms with van der Waals surface area (Å²) < 4.78 is 28.8. The fourth-order valence-electron chi connectivity index (χ4n) is 2.70. The molecule has 25 heavy (non-hydrogen) atoms. The van der Waals surface area contributed by atoms with Crippen molar-refractivity contribution in [3.63, 3.8) is 0 Å². The molecule has 0 saturated heterocycles. The number of aromatic nitrogens is 3. The van der Waals surface area contributed by atoms with E-state index in [9.17, 15) is 8.78 Å². The summed E-state index contributed by atoms with van der Waals surface area (Å²) >= 11 is 0. The van der Waals surface area contributed by atoms with Gasteiger partial charge in [-0.05, 0) is 31.5 Å². The van der Waals surface area contributed by atoms with Gasteiger partial charge >= 0.3 is 0 Å². The van der Waals surface area contributed by atoms with Crippen LogP contribution in [0, 0.1) is 11.6 Å². The van der Waals surface area contributed by atoms with Crippen molar-refractivity contribution in [3.05, 3.63) is 47.5 Å². The second-order valence-electron chi connectivity index (χ2n) is 5.67. The van der Waals surface area contributed by atoms with Gasteiger partial charge < -0.3 is 10.6 Å². The number of benzene rings is 1. The van der Waals surface area contributed by atoms with Gasteiger partial charge in [0.2, 0.25) is 0 Å². The number of aliphatic imine (C=N–C) groups is 1. The van der Waals surface area contributed by atoms with E-state index in [1.807, 2.05) is 11.6 Å². The molecule has 1 atom stereocenters. The average molecular weight is 462 g/mol. The lowest BCUT2D eigenvalue weighted by molar-refractivity contribution is 0.392. The Morgan fingerprint density at radius 2 is 2.24 bits per heavy atom. The molecule has 0 aliphatic carbocycles. The molecule has 2 N–H and O–H groups in total. The number of hydrogen-bond acceptors (Lipinski definition) is 3. The fourth-order valence-corrected chi connectivity index (χ4v) is 2.70. The summed E-state index contributed by atoms with van der Waals surface area (Å²) in [6.07, 6.45) is 3.32. The predicted molar refractivity (Wildman–Crippen MR) is 102 cm³/mol. The lowest BCUT2D eigenvalue weighted by Gasteiger charge is -2.25. The molecule has 0 fully saturated rings. The van der Waals surface area contributed by atoms with E-state index in [1.54, 1.807) is 6.33 Å². The van der Waals surface area contributed by atoms with Crippen molar-refractivity contribution < 1.29 is 8.78 Å². The van der Waals surface area contributed by atoms with Crippen LogP contribution >= 0.6 is 24.0 Å². The van der Waals surface area contributed by atoms with Crippen molar-refractivity contribution in [2.75, 3.05) is 6.54 Å². The minimum absolute atomic E-state index is 0. The highest BCUT2D eigenvalue weighted by Gasteiger charge is 2.20. The molecule has 0 spiro atoms. The molecule has 1 aliphatic rings. The summed E-state index contributed by atoms with van der Waals surface area (Å²) in [5.74, 6) is 0.637. The smallest absolute Gasteiger partial charge is 0.191 e. The lowest BCUT2D eigenvalue weighted by atomic mass is 10.1. The average Bonchev–Trinajstić information content (AvgIpc) is 3.03. The quantitative estimate of drug-likeness (QED) is 0.416. The van der Waals surface area contributed by atoms with Crippen LogP contribution in [0.15, 0.2) is 29.5 Å². The second kappa shape index (κ2) is 9.07. The highest BCUT2D eigenvalue weighted by Crippen LogP contribution is 2.12. The Labute approximate surface area is 162 Å². The van der Waals surface area contributed by atoms with E-state index in [4.69, 9.17) is 0 Å². The van der Waals surface area contributed by atoms with E-state index >= 15 is 0 Å². The van der Waals surface area contributed by atoms with Crippen LogP contribution in [0.4, 0.5) is 8.78 Å².